The average molecular weight is 264 g/mol. The van der Waals surface area contributed by atoms with Gasteiger partial charge >= 0.3 is 0 Å². The Kier molecular flexibility index (Phi) is 3.28. The molecule has 6 nitrogen and oxygen atoms in total. The van der Waals surface area contributed by atoms with E-state index in [0.29, 0.717) is 30.1 Å². The number of fused-ring (bicyclic) bond motifs is 1. The minimum absolute atomic E-state index is 0.160. The Bertz CT molecular complexity index is 468. The van der Waals surface area contributed by atoms with Crippen molar-refractivity contribution in [2.45, 2.75) is 25.6 Å². The second-order valence-electron chi connectivity index (χ2n) is 5.47. The average Bonchev–Trinajstić information content (AvgIpc) is 2.92. The molecule has 1 aromatic heterocycles. The van der Waals surface area contributed by atoms with Crippen LogP contribution in [0.1, 0.15) is 18.7 Å². The van der Waals surface area contributed by atoms with Crippen LogP contribution in [0.15, 0.2) is 6.07 Å². The van der Waals surface area contributed by atoms with Gasteiger partial charge in [-0.05, 0) is 18.8 Å². The van der Waals surface area contributed by atoms with Crippen LogP contribution in [0.2, 0.25) is 0 Å². The molecule has 2 heterocycles. The number of hydrogen-bond donors (Lipinski definition) is 2. The molecule has 0 aromatic carbocycles. The van der Waals surface area contributed by atoms with E-state index in [4.69, 9.17) is 10.5 Å². The summed E-state index contributed by atoms with van der Waals surface area (Å²) in [6.07, 6.45) is 1.88. The summed E-state index contributed by atoms with van der Waals surface area (Å²) in [5.74, 6) is 2.88. The van der Waals surface area contributed by atoms with E-state index in [-0.39, 0.29) is 6.10 Å². The molecule has 1 aliphatic carbocycles. The Labute approximate surface area is 112 Å². The highest BCUT2D eigenvalue weighted by Crippen LogP contribution is 2.39. The first-order valence-corrected chi connectivity index (χ1v) is 6.72. The van der Waals surface area contributed by atoms with Crippen molar-refractivity contribution in [3.8, 4) is 0 Å². The van der Waals surface area contributed by atoms with Crippen LogP contribution < -0.4 is 10.6 Å². The zero-order valence-electron chi connectivity index (χ0n) is 11.1. The summed E-state index contributed by atoms with van der Waals surface area (Å²) in [7, 11) is 1.61. The number of nitrogen functional groups attached to an aromatic ring is 1. The van der Waals surface area contributed by atoms with Gasteiger partial charge in [0.1, 0.15) is 18.2 Å². The Hall–Kier alpha value is -1.40. The molecular weight excluding hydrogens is 244 g/mol. The highest BCUT2D eigenvalue weighted by molar-refractivity contribution is 5.48. The molecule has 19 heavy (non-hydrogen) atoms. The Balaban J connectivity index is 1.79. The molecule has 1 aliphatic heterocycles. The maximum atomic E-state index is 9.95. The molecule has 3 unspecified atom stereocenters. The summed E-state index contributed by atoms with van der Waals surface area (Å²) >= 11 is 0. The molecule has 1 saturated heterocycles. The van der Waals surface area contributed by atoms with Gasteiger partial charge in [-0.1, -0.05) is 0 Å². The predicted octanol–water partition coefficient (Wildman–Crippen LogP) is 0.412. The molecule has 0 bridgehead atoms. The van der Waals surface area contributed by atoms with E-state index >= 15 is 0 Å². The third kappa shape index (κ3) is 2.37. The largest absolute Gasteiger partial charge is 0.393 e. The first-order chi connectivity index (χ1) is 9.17. The number of aliphatic hydroxyl groups is 1. The van der Waals surface area contributed by atoms with Crippen molar-refractivity contribution in [3.63, 3.8) is 0 Å². The number of rotatable bonds is 3. The highest BCUT2D eigenvalue weighted by atomic mass is 16.5. The van der Waals surface area contributed by atoms with Gasteiger partial charge in [0.15, 0.2) is 5.82 Å². The van der Waals surface area contributed by atoms with Gasteiger partial charge in [0.2, 0.25) is 0 Å². The van der Waals surface area contributed by atoms with Crippen molar-refractivity contribution >= 4 is 11.6 Å². The van der Waals surface area contributed by atoms with E-state index in [0.717, 1.165) is 31.7 Å². The van der Waals surface area contributed by atoms with Crippen LogP contribution >= 0.6 is 0 Å². The molecule has 0 amide bonds. The van der Waals surface area contributed by atoms with Crippen molar-refractivity contribution in [1.82, 2.24) is 9.97 Å². The Morgan fingerprint density at radius 3 is 3.00 bits per heavy atom. The van der Waals surface area contributed by atoms with Gasteiger partial charge in [0, 0.05) is 32.2 Å². The quantitative estimate of drug-likeness (QED) is 0.822. The molecule has 3 N–H and O–H groups in total. The molecule has 1 aromatic rings. The fraction of sp³-hybridized carbons (Fsp3) is 0.692. The summed E-state index contributed by atoms with van der Waals surface area (Å²) in [5.41, 5.74) is 5.82. The highest BCUT2D eigenvalue weighted by Gasteiger charge is 2.42. The monoisotopic (exact) mass is 264 g/mol. The summed E-state index contributed by atoms with van der Waals surface area (Å²) in [6, 6.07) is 1.80. The van der Waals surface area contributed by atoms with Crippen molar-refractivity contribution in [1.29, 1.82) is 0 Å². The number of nitrogens with zero attached hydrogens (tertiary/aromatic N) is 3. The molecule has 3 rings (SSSR count). The third-order valence-corrected chi connectivity index (χ3v) is 4.20. The number of anilines is 2. The lowest BCUT2D eigenvalue weighted by Crippen LogP contribution is -2.25. The zero-order valence-corrected chi connectivity index (χ0v) is 11.1. The maximum Gasteiger partial charge on any atom is 0.158 e. The minimum atomic E-state index is -0.160. The van der Waals surface area contributed by atoms with Crippen molar-refractivity contribution in [3.05, 3.63) is 11.9 Å². The molecular formula is C13H20N4O2. The molecule has 6 heteroatoms. The van der Waals surface area contributed by atoms with E-state index in [1.807, 2.05) is 0 Å². The molecule has 0 radical (unpaired) electrons. The summed E-state index contributed by atoms with van der Waals surface area (Å²) < 4.78 is 5.05. The number of ether oxygens (including phenoxy) is 1. The van der Waals surface area contributed by atoms with Crippen LogP contribution in [0.4, 0.5) is 11.6 Å². The van der Waals surface area contributed by atoms with Crippen LogP contribution in [0.25, 0.3) is 0 Å². The van der Waals surface area contributed by atoms with Crippen molar-refractivity contribution in [2.75, 3.05) is 30.8 Å². The van der Waals surface area contributed by atoms with Gasteiger partial charge in [-0.3, -0.25) is 0 Å². The zero-order chi connectivity index (χ0) is 13.4. The van der Waals surface area contributed by atoms with E-state index in [2.05, 4.69) is 14.9 Å². The lowest BCUT2D eigenvalue weighted by atomic mass is 10.00. The van der Waals surface area contributed by atoms with Gasteiger partial charge in [0.05, 0.1) is 6.10 Å². The number of hydrogen-bond acceptors (Lipinski definition) is 6. The number of nitrogens with two attached hydrogens (primary N) is 1. The second kappa shape index (κ2) is 4.94. The number of aromatic nitrogens is 2. The van der Waals surface area contributed by atoms with Gasteiger partial charge in [-0.25, -0.2) is 9.97 Å². The summed E-state index contributed by atoms with van der Waals surface area (Å²) in [5, 5.41) is 9.95. The van der Waals surface area contributed by atoms with Gasteiger partial charge in [-0.2, -0.15) is 0 Å². The van der Waals surface area contributed by atoms with Crippen LogP contribution in [0.5, 0.6) is 0 Å². The van der Waals surface area contributed by atoms with Crippen molar-refractivity contribution in [2.24, 2.45) is 11.8 Å². The predicted molar refractivity (Wildman–Crippen MR) is 71.6 cm³/mol. The minimum Gasteiger partial charge on any atom is -0.393 e. The first kappa shape index (κ1) is 12.6. The van der Waals surface area contributed by atoms with E-state index in [1.54, 1.807) is 13.2 Å². The van der Waals surface area contributed by atoms with Crippen LogP contribution in [0.3, 0.4) is 0 Å². The van der Waals surface area contributed by atoms with E-state index in [9.17, 15) is 5.11 Å². The smallest absolute Gasteiger partial charge is 0.158 e. The topological polar surface area (TPSA) is 84.5 Å². The summed E-state index contributed by atoms with van der Waals surface area (Å²) in [6.45, 7) is 2.17. The fourth-order valence-corrected chi connectivity index (χ4v) is 3.28. The van der Waals surface area contributed by atoms with Gasteiger partial charge < -0.3 is 20.5 Å². The molecule has 2 fully saturated rings. The van der Waals surface area contributed by atoms with Crippen LogP contribution in [0, 0.1) is 11.8 Å². The lowest BCUT2D eigenvalue weighted by Gasteiger charge is -2.20. The Morgan fingerprint density at radius 2 is 2.26 bits per heavy atom. The molecule has 3 atom stereocenters. The van der Waals surface area contributed by atoms with E-state index in [1.165, 1.54) is 0 Å². The van der Waals surface area contributed by atoms with Gasteiger partial charge in [-0.15, -0.1) is 0 Å². The van der Waals surface area contributed by atoms with E-state index < -0.39 is 0 Å². The maximum absolute atomic E-state index is 9.95. The SMILES string of the molecule is COCc1nc(N)cc(N2CC3CCC(O)C3C2)n1. The standard InChI is InChI=1S/C13H20N4O2/c1-19-7-12-15-11(14)4-13(16-12)17-5-8-2-3-10(18)9(8)6-17/h4,8-10,18H,2-3,5-7H2,1H3,(H2,14,15,16). The lowest BCUT2D eigenvalue weighted by molar-refractivity contribution is 0.133. The first-order valence-electron chi connectivity index (χ1n) is 6.72. The van der Waals surface area contributed by atoms with Crippen molar-refractivity contribution < 1.29 is 9.84 Å². The third-order valence-electron chi connectivity index (χ3n) is 4.20. The Morgan fingerprint density at radius 1 is 1.42 bits per heavy atom. The molecule has 0 spiro atoms. The fourth-order valence-electron chi connectivity index (χ4n) is 3.28. The summed E-state index contributed by atoms with van der Waals surface area (Å²) in [4.78, 5) is 10.8. The number of methoxy groups -OCH3 is 1. The normalized spacial score (nSPS) is 29.8. The molecule has 2 aliphatic rings. The molecule has 1 saturated carbocycles. The number of aliphatic hydroxyl groups excluding tert-OH is 1. The van der Waals surface area contributed by atoms with Crippen LogP contribution in [-0.4, -0.2) is 41.4 Å². The van der Waals surface area contributed by atoms with Crippen LogP contribution in [-0.2, 0) is 11.3 Å². The molecule has 104 valence electrons. The second-order valence-corrected chi connectivity index (χ2v) is 5.47. The van der Waals surface area contributed by atoms with Gasteiger partial charge in [0.25, 0.3) is 0 Å².